The predicted molar refractivity (Wildman–Crippen MR) is 102 cm³/mol. The van der Waals surface area contributed by atoms with Gasteiger partial charge in [0.25, 0.3) is 0 Å². The minimum Gasteiger partial charge on any atom is -0.477 e. The molecule has 0 fully saturated rings. The zero-order valence-corrected chi connectivity index (χ0v) is 15.1. The van der Waals surface area contributed by atoms with E-state index in [1.165, 1.54) is 54.7 Å². The van der Waals surface area contributed by atoms with E-state index in [4.69, 9.17) is 9.84 Å². The summed E-state index contributed by atoms with van der Waals surface area (Å²) >= 11 is 0. The number of nitrogens with zero attached hydrogens (tertiary/aromatic N) is 1. The zero-order chi connectivity index (χ0) is 21.7. The maximum Gasteiger partial charge on any atom is 0.416 e. The molecule has 1 aromatic heterocycles. The molecular formula is C20H14F3N3O4. The number of aromatic carboxylic acids is 1. The van der Waals surface area contributed by atoms with Crippen molar-refractivity contribution in [1.29, 1.82) is 0 Å². The van der Waals surface area contributed by atoms with Crippen LogP contribution in [0.4, 0.5) is 29.3 Å². The molecule has 3 N–H and O–H groups in total. The first-order chi connectivity index (χ1) is 14.2. The standard InChI is InChI=1S/C20H14F3N3O4/c21-20(22,23)12-2-1-3-14(10-12)26-19(29)25-13-4-6-15(7-5-13)30-16-8-9-24-17(11-16)18(27)28/h1-11H,(H,27,28)(H2,25,26,29). The fourth-order valence-corrected chi connectivity index (χ4v) is 2.40. The van der Waals surface area contributed by atoms with Crippen LogP contribution < -0.4 is 15.4 Å². The monoisotopic (exact) mass is 417 g/mol. The molecule has 0 aliphatic heterocycles. The number of hydrogen-bond acceptors (Lipinski definition) is 4. The fourth-order valence-electron chi connectivity index (χ4n) is 2.40. The molecule has 0 saturated heterocycles. The van der Waals surface area contributed by atoms with Crippen LogP contribution in [0.2, 0.25) is 0 Å². The molecule has 1 heterocycles. The third kappa shape index (κ3) is 5.47. The average molecular weight is 417 g/mol. The molecule has 30 heavy (non-hydrogen) atoms. The molecule has 3 aromatic rings. The Kier molecular flexibility index (Phi) is 5.86. The van der Waals surface area contributed by atoms with Crippen LogP contribution in [0.5, 0.6) is 11.5 Å². The summed E-state index contributed by atoms with van der Waals surface area (Å²) in [6.07, 6.45) is -3.21. The molecule has 3 rings (SSSR count). The number of nitrogens with one attached hydrogen (secondary N) is 2. The second-order valence-electron chi connectivity index (χ2n) is 5.97. The molecule has 0 aliphatic rings. The fraction of sp³-hybridized carbons (Fsp3) is 0.0500. The zero-order valence-electron chi connectivity index (χ0n) is 15.1. The number of rotatable bonds is 5. The van der Waals surface area contributed by atoms with Crippen molar-refractivity contribution in [2.24, 2.45) is 0 Å². The van der Waals surface area contributed by atoms with Gasteiger partial charge in [-0.2, -0.15) is 13.2 Å². The van der Waals surface area contributed by atoms with Crippen molar-refractivity contribution in [2.45, 2.75) is 6.18 Å². The van der Waals surface area contributed by atoms with E-state index in [9.17, 15) is 22.8 Å². The highest BCUT2D eigenvalue weighted by atomic mass is 19.4. The number of halogens is 3. The number of carboxylic acids is 1. The molecular weight excluding hydrogens is 403 g/mol. The number of urea groups is 1. The second kappa shape index (κ2) is 8.52. The third-order valence-electron chi connectivity index (χ3n) is 3.75. The van der Waals surface area contributed by atoms with Crippen LogP contribution in [0.25, 0.3) is 0 Å². The van der Waals surface area contributed by atoms with Gasteiger partial charge in [0.15, 0.2) is 5.69 Å². The third-order valence-corrected chi connectivity index (χ3v) is 3.75. The van der Waals surface area contributed by atoms with Crippen molar-refractivity contribution in [3.8, 4) is 11.5 Å². The van der Waals surface area contributed by atoms with Crippen LogP contribution in [0, 0.1) is 0 Å². The summed E-state index contributed by atoms with van der Waals surface area (Å²) in [6.45, 7) is 0. The van der Waals surface area contributed by atoms with Crippen LogP contribution in [0.1, 0.15) is 16.1 Å². The number of ether oxygens (including phenoxy) is 1. The summed E-state index contributed by atoms with van der Waals surface area (Å²) < 4.78 is 43.7. The number of carboxylic acid groups (broad SMARTS) is 1. The Balaban J connectivity index is 1.61. The number of amides is 2. The Hall–Kier alpha value is -4.08. The van der Waals surface area contributed by atoms with Crippen LogP contribution >= 0.6 is 0 Å². The smallest absolute Gasteiger partial charge is 0.416 e. The summed E-state index contributed by atoms with van der Waals surface area (Å²) in [4.78, 5) is 26.6. The highest BCUT2D eigenvalue weighted by Gasteiger charge is 2.30. The van der Waals surface area contributed by atoms with Crippen LogP contribution in [-0.2, 0) is 6.18 Å². The summed E-state index contributed by atoms with van der Waals surface area (Å²) in [6, 6.07) is 12.4. The first-order valence-electron chi connectivity index (χ1n) is 8.43. The topological polar surface area (TPSA) is 101 Å². The number of benzene rings is 2. The SMILES string of the molecule is O=C(Nc1ccc(Oc2ccnc(C(=O)O)c2)cc1)Nc1cccc(C(F)(F)F)c1. The van der Waals surface area contributed by atoms with Crippen molar-refractivity contribution >= 4 is 23.4 Å². The van der Waals surface area contributed by atoms with E-state index in [1.807, 2.05) is 0 Å². The van der Waals surface area contributed by atoms with Gasteiger partial charge in [-0.3, -0.25) is 0 Å². The number of pyridine rings is 1. The van der Waals surface area contributed by atoms with Gasteiger partial charge in [-0.05, 0) is 48.5 Å². The highest BCUT2D eigenvalue weighted by Crippen LogP contribution is 2.30. The Morgan fingerprint density at radius 1 is 0.900 bits per heavy atom. The van der Waals surface area contributed by atoms with E-state index < -0.39 is 23.7 Å². The Morgan fingerprint density at radius 3 is 2.27 bits per heavy atom. The summed E-state index contributed by atoms with van der Waals surface area (Å²) in [5, 5.41) is 13.8. The summed E-state index contributed by atoms with van der Waals surface area (Å²) in [5.41, 5.74) is -0.678. The van der Waals surface area contributed by atoms with Gasteiger partial charge in [0.05, 0.1) is 5.56 Å². The van der Waals surface area contributed by atoms with E-state index >= 15 is 0 Å². The first-order valence-corrected chi connectivity index (χ1v) is 8.43. The van der Waals surface area contributed by atoms with Gasteiger partial charge in [-0.1, -0.05) is 6.07 Å². The lowest BCUT2D eigenvalue weighted by atomic mass is 10.2. The second-order valence-corrected chi connectivity index (χ2v) is 5.97. The van der Waals surface area contributed by atoms with Crippen molar-refractivity contribution in [3.63, 3.8) is 0 Å². The van der Waals surface area contributed by atoms with Crippen LogP contribution in [-0.4, -0.2) is 22.1 Å². The molecule has 154 valence electrons. The maximum absolute atomic E-state index is 12.7. The van der Waals surface area contributed by atoms with Crippen LogP contribution in [0.15, 0.2) is 66.9 Å². The molecule has 2 aromatic carbocycles. The highest BCUT2D eigenvalue weighted by molar-refractivity contribution is 5.99. The molecule has 10 heteroatoms. The first kappa shape index (κ1) is 20.6. The Labute approximate surface area is 168 Å². The molecule has 0 aliphatic carbocycles. The number of alkyl halides is 3. The van der Waals surface area contributed by atoms with E-state index in [-0.39, 0.29) is 17.1 Å². The van der Waals surface area contributed by atoms with Crippen molar-refractivity contribution in [1.82, 2.24) is 4.98 Å². The Morgan fingerprint density at radius 2 is 1.60 bits per heavy atom. The van der Waals surface area contributed by atoms with E-state index in [0.717, 1.165) is 12.1 Å². The lowest BCUT2D eigenvalue weighted by molar-refractivity contribution is -0.137. The molecule has 2 amide bonds. The molecule has 0 radical (unpaired) electrons. The largest absolute Gasteiger partial charge is 0.477 e. The quantitative estimate of drug-likeness (QED) is 0.527. The molecule has 0 unspecified atom stereocenters. The molecule has 0 saturated carbocycles. The van der Waals surface area contributed by atoms with Gasteiger partial charge >= 0.3 is 18.2 Å². The lowest BCUT2D eigenvalue weighted by Crippen LogP contribution is -2.19. The van der Waals surface area contributed by atoms with Gasteiger partial charge in [0.2, 0.25) is 0 Å². The van der Waals surface area contributed by atoms with Crippen molar-refractivity contribution in [3.05, 3.63) is 78.1 Å². The van der Waals surface area contributed by atoms with E-state index in [2.05, 4.69) is 15.6 Å². The normalized spacial score (nSPS) is 10.9. The van der Waals surface area contributed by atoms with Gasteiger partial charge in [0.1, 0.15) is 11.5 Å². The van der Waals surface area contributed by atoms with Crippen LogP contribution in [0.3, 0.4) is 0 Å². The van der Waals surface area contributed by atoms with Gasteiger partial charge in [0, 0.05) is 23.6 Å². The van der Waals surface area contributed by atoms with Gasteiger partial charge < -0.3 is 20.5 Å². The number of carbonyl (C=O) groups is 2. The predicted octanol–water partition coefficient (Wildman–Crippen LogP) is 5.23. The minimum atomic E-state index is -4.51. The molecule has 0 bridgehead atoms. The van der Waals surface area contributed by atoms with Gasteiger partial charge in [-0.25, -0.2) is 14.6 Å². The number of carbonyl (C=O) groups excluding carboxylic acids is 1. The summed E-state index contributed by atoms with van der Waals surface area (Å²) in [5.74, 6) is -0.543. The number of aromatic nitrogens is 1. The molecule has 7 nitrogen and oxygen atoms in total. The minimum absolute atomic E-state index is 0.00537. The lowest BCUT2D eigenvalue weighted by Gasteiger charge is -2.11. The summed E-state index contributed by atoms with van der Waals surface area (Å²) in [7, 11) is 0. The van der Waals surface area contributed by atoms with Gasteiger partial charge in [-0.15, -0.1) is 0 Å². The average Bonchev–Trinajstić information content (AvgIpc) is 2.69. The van der Waals surface area contributed by atoms with Crippen molar-refractivity contribution < 1.29 is 32.6 Å². The van der Waals surface area contributed by atoms with E-state index in [1.54, 1.807) is 0 Å². The molecule has 0 spiro atoms. The van der Waals surface area contributed by atoms with Crippen molar-refractivity contribution in [2.75, 3.05) is 10.6 Å². The van der Waals surface area contributed by atoms with E-state index in [0.29, 0.717) is 11.4 Å². The number of hydrogen-bond donors (Lipinski definition) is 3. The number of anilines is 2. The Bertz CT molecular complexity index is 1070. The molecule has 0 atom stereocenters. The maximum atomic E-state index is 12.7.